The zero-order valence-corrected chi connectivity index (χ0v) is 11.4. The lowest BCUT2D eigenvalue weighted by molar-refractivity contribution is -0.0729. The van der Waals surface area contributed by atoms with Crippen LogP contribution in [0.3, 0.4) is 0 Å². The van der Waals surface area contributed by atoms with Crippen LogP contribution in [0.2, 0.25) is 0 Å². The highest BCUT2D eigenvalue weighted by molar-refractivity contribution is 5.81. The number of para-hydroxylation sites is 1. The Morgan fingerprint density at radius 1 is 1.32 bits per heavy atom. The van der Waals surface area contributed by atoms with E-state index in [1.165, 1.54) is 10.9 Å². The van der Waals surface area contributed by atoms with Crippen LogP contribution in [0.5, 0.6) is 0 Å². The van der Waals surface area contributed by atoms with E-state index in [1.54, 1.807) is 0 Å². The second-order valence-electron chi connectivity index (χ2n) is 5.99. The molecule has 2 atom stereocenters. The van der Waals surface area contributed by atoms with Crippen molar-refractivity contribution in [1.82, 2.24) is 10.3 Å². The second-order valence-corrected chi connectivity index (χ2v) is 5.99. The number of hydrogen-bond donors (Lipinski definition) is 2. The Morgan fingerprint density at radius 3 is 2.84 bits per heavy atom. The van der Waals surface area contributed by atoms with Crippen LogP contribution < -0.4 is 5.32 Å². The second kappa shape index (κ2) is 4.58. The Morgan fingerprint density at radius 2 is 2.11 bits per heavy atom. The van der Waals surface area contributed by atoms with Crippen molar-refractivity contribution in [3.05, 3.63) is 42.1 Å². The van der Waals surface area contributed by atoms with E-state index in [1.807, 2.05) is 24.4 Å². The van der Waals surface area contributed by atoms with Gasteiger partial charge in [-0.05, 0) is 24.1 Å². The molecule has 2 N–H and O–H groups in total. The van der Waals surface area contributed by atoms with Crippen molar-refractivity contribution in [3.63, 3.8) is 0 Å². The number of hydrogen-bond acceptors (Lipinski definition) is 3. The number of pyridine rings is 1. The molecule has 0 saturated heterocycles. The summed E-state index contributed by atoms with van der Waals surface area (Å²) < 4.78 is 0. The quantitative estimate of drug-likeness (QED) is 0.887. The van der Waals surface area contributed by atoms with Crippen LogP contribution in [0.4, 0.5) is 0 Å². The summed E-state index contributed by atoms with van der Waals surface area (Å²) in [7, 11) is 0. The molecule has 3 nitrogen and oxygen atoms in total. The number of aromatic nitrogens is 1. The van der Waals surface area contributed by atoms with E-state index in [9.17, 15) is 5.11 Å². The number of fused-ring (bicyclic) bond motifs is 1. The van der Waals surface area contributed by atoms with E-state index in [-0.39, 0.29) is 11.5 Å². The molecule has 0 bridgehead atoms. The van der Waals surface area contributed by atoms with Gasteiger partial charge in [-0.15, -0.1) is 0 Å². The first-order valence-electron chi connectivity index (χ1n) is 6.83. The highest BCUT2D eigenvalue weighted by atomic mass is 16.3. The zero-order chi connectivity index (χ0) is 13.5. The minimum atomic E-state index is -0.181. The van der Waals surface area contributed by atoms with E-state index in [4.69, 9.17) is 0 Å². The SMILES string of the molecule is CC1(C)C(O)CC1NCc1ccnc2ccccc12. The van der Waals surface area contributed by atoms with Gasteiger partial charge in [-0.2, -0.15) is 0 Å². The van der Waals surface area contributed by atoms with Gasteiger partial charge in [0.1, 0.15) is 0 Å². The molecule has 0 amide bonds. The predicted molar refractivity (Wildman–Crippen MR) is 76.8 cm³/mol. The topological polar surface area (TPSA) is 45.1 Å². The van der Waals surface area contributed by atoms with Crippen LogP contribution in [-0.2, 0) is 6.54 Å². The first-order chi connectivity index (χ1) is 9.09. The van der Waals surface area contributed by atoms with Gasteiger partial charge in [-0.3, -0.25) is 4.98 Å². The molecule has 1 aliphatic carbocycles. The van der Waals surface area contributed by atoms with Crippen LogP contribution in [0.25, 0.3) is 10.9 Å². The van der Waals surface area contributed by atoms with Gasteiger partial charge in [0.15, 0.2) is 0 Å². The maximum absolute atomic E-state index is 9.77. The smallest absolute Gasteiger partial charge is 0.0705 e. The van der Waals surface area contributed by atoms with E-state index in [2.05, 4.69) is 36.3 Å². The van der Waals surface area contributed by atoms with Gasteiger partial charge in [-0.25, -0.2) is 0 Å². The van der Waals surface area contributed by atoms with Crippen LogP contribution >= 0.6 is 0 Å². The fourth-order valence-electron chi connectivity index (χ4n) is 2.79. The molecule has 1 aromatic heterocycles. The highest BCUT2D eigenvalue weighted by Gasteiger charge is 2.46. The molecule has 2 unspecified atom stereocenters. The first-order valence-corrected chi connectivity index (χ1v) is 6.83. The van der Waals surface area contributed by atoms with Crippen molar-refractivity contribution in [2.45, 2.75) is 39.0 Å². The Labute approximate surface area is 113 Å². The molecule has 100 valence electrons. The summed E-state index contributed by atoms with van der Waals surface area (Å²) in [6, 6.07) is 10.7. The molecule has 0 radical (unpaired) electrons. The molecule has 0 spiro atoms. The third kappa shape index (κ3) is 2.13. The molecule has 1 aromatic carbocycles. The van der Waals surface area contributed by atoms with E-state index < -0.39 is 0 Å². The fourth-order valence-corrected chi connectivity index (χ4v) is 2.79. The van der Waals surface area contributed by atoms with Gasteiger partial charge in [0.2, 0.25) is 0 Å². The Balaban J connectivity index is 1.76. The number of nitrogens with zero attached hydrogens (tertiary/aromatic N) is 1. The Hall–Kier alpha value is -1.45. The fraction of sp³-hybridized carbons (Fsp3) is 0.438. The van der Waals surface area contributed by atoms with Crippen LogP contribution in [0.1, 0.15) is 25.8 Å². The Bertz CT molecular complexity index is 589. The normalized spacial score (nSPS) is 25.2. The summed E-state index contributed by atoms with van der Waals surface area (Å²) in [6.45, 7) is 5.05. The number of rotatable bonds is 3. The van der Waals surface area contributed by atoms with Crippen molar-refractivity contribution in [1.29, 1.82) is 0 Å². The molecular formula is C16H20N2O. The summed E-state index contributed by atoms with van der Waals surface area (Å²) in [5.41, 5.74) is 2.28. The summed E-state index contributed by atoms with van der Waals surface area (Å²) in [5.74, 6) is 0. The molecular weight excluding hydrogens is 236 g/mol. The summed E-state index contributed by atoms with van der Waals surface area (Å²) in [6.07, 6.45) is 2.52. The van der Waals surface area contributed by atoms with Gasteiger partial charge in [0.25, 0.3) is 0 Å². The molecule has 1 fully saturated rings. The zero-order valence-electron chi connectivity index (χ0n) is 11.4. The van der Waals surface area contributed by atoms with Gasteiger partial charge < -0.3 is 10.4 Å². The average Bonchev–Trinajstić information content (AvgIpc) is 2.43. The maximum Gasteiger partial charge on any atom is 0.0705 e. The summed E-state index contributed by atoms with van der Waals surface area (Å²) >= 11 is 0. The molecule has 19 heavy (non-hydrogen) atoms. The van der Waals surface area contributed by atoms with Crippen molar-refractivity contribution in [2.75, 3.05) is 0 Å². The van der Waals surface area contributed by atoms with E-state index in [0.717, 1.165) is 18.5 Å². The van der Waals surface area contributed by atoms with E-state index in [0.29, 0.717) is 6.04 Å². The largest absolute Gasteiger partial charge is 0.392 e. The summed E-state index contributed by atoms with van der Waals surface area (Å²) in [5, 5.41) is 14.5. The standard InChI is InChI=1S/C16H20N2O/c1-16(2)14(9-15(16)19)18-10-11-7-8-17-13-6-4-3-5-12(11)13/h3-8,14-15,18-19H,9-10H2,1-2H3. The highest BCUT2D eigenvalue weighted by Crippen LogP contribution is 2.40. The summed E-state index contributed by atoms with van der Waals surface area (Å²) in [4.78, 5) is 4.38. The molecule has 1 heterocycles. The van der Waals surface area contributed by atoms with Crippen LogP contribution in [0, 0.1) is 5.41 Å². The molecule has 3 heteroatoms. The monoisotopic (exact) mass is 256 g/mol. The van der Waals surface area contributed by atoms with Crippen molar-refractivity contribution < 1.29 is 5.11 Å². The van der Waals surface area contributed by atoms with Gasteiger partial charge >= 0.3 is 0 Å². The molecule has 0 aliphatic heterocycles. The molecule has 3 rings (SSSR count). The first kappa shape index (κ1) is 12.6. The maximum atomic E-state index is 9.77. The van der Waals surface area contributed by atoms with Gasteiger partial charge in [0.05, 0.1) is 11.6 Å². The van der Waals surface area contributed by atoms with E-state index >= 15 is 0 Å². The molecule has 1 aliphatic rings. The van der Waals surface area contributed by atoms with Gasteiger partial charge in [0, 0.05) is 29.6 Å². The third-order valence-electron chi connectivity index (χ3n) is 4.49. The lowest BCUT2D eigenvalue weighted by atomic mass is 9.64. The minimum absolute atomic E-state index is 0.0250. The van der Waals surface area contributed by atoms with Crippen molar-refractivity contribution in [2.24, 2.45) is 5.41 Å². The van der Waals surface area contributed by atoms with Crippen LogP contribution in [-0.4, -0.2) is 22.2 Å². The van der Waals surface area contributed by atoms with Gasteiger partial charge in [-0.1, -0.05) is 32.0 Å². The average molecular weight is 256 g/mol. The number of aliphatic hydroxyl groups excluding tert-OH is 1. The predicted octanol–water partition coefficient (Wildman–Crippen LogP) is 2.48. The number of aliphatic hydroxyl groups is 1. The lowest BCUT2D eigenvalue weighted by Crippen LogP contribution is -2.59. The number of nitrogens with one attached hydrogen (secondary N) is 1. The Kier molecular flexibility index (Phi) is 3.03. The minimum Gasteiger partial charge on any atom is -0.392 e. The molecule has 1 saturated carbocycles. The van der Waals surface area contributed by atoms with Crippen molar-refractivity contribution in [3.8, 4) is 0 Å². The van der Waals surface area contributed by atoms with Crippen molar-refractivity contribution >= 4 is 10.9 Å². The molecule has 2 aromatic rings. The third-order valence-corrected chi connectivity index (χ3v) is 4.49. The lowest BCUT2D eigenvalue weighted by Gasteiger charge is -2.49. The van der Waals surface area contributed by atoms with Crippen LogP contribution in [0.15, 0.2) is 36.5 Å². The number of benzene rings is 1.